The van der Waals surface area contributed by atoms with Gasteiger partial charge in [-0.3, -0.25) is 14.6 Å². The third-order valence-electron chi connectivity index (χ3n) is 4.38. The highest BCUT2D eigenvalue weighted by atomic mass is 16.2. The molecule has 2 aromatic rings. The maximum atomic E-state index is 12.6. The molecule has 0 bridgehead atoms. The lowest BCUT2D eigenvalue weighted by Gasteiger charge is -2.21. The second-order valence-corrected chi connectivity index (χ2v) is 6.68. The quantitative estimate of drug-likeness (QED) is 0.429. The third-order valence-corrected chi connectivity index (χ3v) is 4.38. The molecule has 7 nitrogen and oxygen atoms in total. The zero-order valence-corrected chi connectivity index (χ0v) is 16.0. The van der Waals surface area contributed by atoms with E-state index >= 15 is 0 Å². The molecule has 1 heterocycles. The van der Waals surface area contributed by atoms with Gasteiger partial charge in [0.15, 0.2) is 0 Å². The Bertz CT molecular complexity index is 724. The Kier molecular flexibility index (Phi) is 9.10. The van der Waals surface area contributed by atoms with Crippen LogP contribution in [-0.4, -0.2) is 35.4 Å². The predicted octanol–water partition coefficient (Wildman–Crippen LogP) is 0.882. The van der Waals surface area contributed by atoms with E-state index in [1.807, 2.05) is 48.5 Å². The van der Waals surface area contributed by atoms with Gasteiger partial charge in [-0.1, -0.05) is 36.4 Å². The molecule has 0 saturated heterocycles. The predicted molar refractivity (Wildman–Crippen MR) is 109 cm³/mol. The minimum atomic E-state index is -0.719. The van der Waals surface area contributed by atoms with Gasteiger partial charge in [0.25, 0.3) is 0 Å². The van der Waals surface area contributed by atoms with Crippen LogP contribution in [0.3, 0.4) is 0 Å². The summed E-state index contributed by atoms with van der Waals surface area (Å²) in [5, 5.41) is 5.63. The molecule has 2 amide bonds. The van der Waals surface area contributed by atoms with Crippen molar-refractivity contribution >= 4 is 11.8 Å². The van der Waals surface area contributed by atoms with Gasteiger partial charge in [0.1, 0.15) is 6.04 Å². The molecular weight excluding hydrogens is 354 g/mol. The molecule has 0 aliphatic carbocycles. The summed E-state index contributed by atoms with van der Waals surface area (Å²) in [6.45, 7) is 0.850. The minimum Gasteiger partial charge on any atom is -0.349 e. The van der Waals surface area contributed by atoms with Crippen molar-refractivity contribution < 1.29 is 9.59 Å². The molecule has 2 atom stereocenters. The number of benzene rings is 1. The number of hydrogen-bond acceptors (Lipinski definition) is 5. The monoisotopic (exact) mass is 383 g/mol. The van der Waals surface area contributed by atoms with Crippen LogP contribution in [0.5, 0.6) is 0 Å². The van der Waals surface area contributed by atoms with Crippen LogP contribution in [0.4, 0.5) is 0 Å². The summed E-state index contributed by atoms with van der Waals surface area (Å²) in [5.74, 6) is -0.586. The number of amides is 2. The van der Waals surface area contributed by atoms with Crippen LogP contribution in [0, 0.1) is 0 Å². The molecule has 0 aliphatic heterocycles. The van der Waals surface area contributed by atoms with E-state index in [1.54, 1.807) is 6.20 Å². The second kappa shape index (κ2) is 11.8. The van der Waals surface area contributed by atoms with Crippen molar-refractivity contribution in [2.45, 2.75) is 44.3 Å². The van der Waals surface area contributed by atoms with Gasteiger partial charge in [0.05, 0.1) is 18.3 Å². The number of carbonyl (C=O) groups excluding carboxylic acids is 2. The van der Waals surface area contributed by atoms with Crippen molar-refractivity contribution in [3.05, 3.63) is 66.0 Å². The van der Waals surface area contributed by atoms with E-state index in [0.29, 0.717) is 25.9 Å². The summed E-state index contributed by atoms with van der Waals surface area (Å²) in [4.78, 5) is 29.3. The van der Waals surface area contributed by atoms with E-state index in [0.717, 1.165) is 24.1 Å². The highest BCUT2D eigenvalue weighted by Gasteiger charge is 2.23. The summed E-state index contributed by atoms with van der Waals surface area (Å²) >= 11 is 0. The summed E-state index contributed by atoms with van der Waals surface area (Å²) in [7, 11) is 0. The van der Waals surface area contributed by atoms with Gasteiger partial charge in [0, 0.05) is 6.20 Å². The smallest absolute Gasteiger partial charge is 0.242 e. The van der Waals surface area contributed by atoms with E-state index in [9.17, 15) is 9.59 Å². The zero-order valence-electron chi connectivity index (χ0n) is 16.0. The van der Waals surface area contributed by atoms with Crippen molar-refractivity contribution in [1.82, 2.24) is 15.6 Å². The molecule has 0 saturated carbocycles. The number of unbranched alkanes of at least 4 members (excludes halogenated alkanes) is 1. The fourth-order valence-electron chi connectivity index (χ4n) is 2.80. The van der Waals surface area contributed by atoms with E-state index in [1.165, 1.54) is 0 Å². The van der Waals surface area contributed by atoms with E-state index in [2.05, 4.69) is 15.6 Å². The normalized spacial score (nSPS) is 12.8. The molecule has 6 N–H and O–H groups in total. The molecule has 1 unspecified atom stereocenters. The molecule has 150 valence electrons. The molecule has 0 fully saturated rings. The standard InChI is InChI=1S/C21H29N5O2/c22-12-6-4-11-19(21(28)25-15-17-10-5-7-13-24-17)26-20(27)18(23)14-16-8-2-1-3-9-16/h1-3,5,7-10,13,18-19H,4,6,11-12,14-15,22-23H2,(H,25,28)(H,26,27)/t18?,19-/m0/s1. The van der Waals surface area contributed by atoms with Gasteiger partial charge in [0.2, 0.25) is 11.8 Å². The van der Waals surface area contributed by atoms with Gasteiger partial charge in [-0.15, -0.1) is 0 Å². The number of aromatic nitrogens is 1. The van der Waals surface area contributed by atoms with Gasteiger partial charge >= 0.3 is 0 Å². The lowest BCUT2D eigenvalue weighted by atomic mass is 10.0. The number of nitrogens with two attached hydrogens (primary N) is 2. The number of nitrogens with zero attached hydrogens (tertiary/aromatic N) is 1. The average molecular weight is 383 g/mol. The van der Waals surface area contributed by atoms with Crippen molar-refractivity contribution in [3.63, 3.8) is 0 Å². The molecule has 2 rings (SSSR count). The Morgan fingerprint density at radius 2 is 1.75 bits per heavy atom. The summed E-state index contributed by atoms with van der Waals surface area (Å²) in [6, 6.07) is 13.7. The van der Waals surface area contributed by atoms with Crippen molar-refractivity contribution in [1.29, 1.82) is 0 Å². The molecular formula is C21H29N5O2. The van der Waals surface area contributed by atoms with Crippen LogP contribution in [0.15, 0.2) is 54.7 Å². The first-order valence-electron chi connectivity index (χ1n) is 9.57. The van der Waals surface area contributed by atoms with Gasteiger partial charge < -0.3 is 22.1 Å². The van der Waals surface area contributed by atoms with Gasteiger partial charge in [-0.25, -0.2) is 0 Å². The first-order valence-corrected chi connectivity index (χ1v) is 9.57. The Labute approximate surface area is 165 Å². The maximum Gasteiger partial charge on any atom is 0.242 e. The largest absolute Gasteiger partial charge is 0.349 e. The van der Waals surface area contributed by atoms with Crippen LogP contribution in [0.25, 0.3) is 0 Å². The Morgan fingerprint density at radius 3 is 2.43 bits per heavy atom. The van der Waals surface area contributed by atoms with E-state index < -0.39 is 12.1 Å². The summed E-state index contributed by atoms with van der Waals surface area (Å²) < 4.78 is 0. The first-order chi connectivity index (χ1) is 13.6. The van der Waals surface area contributed by atoms with E-state index in [4.69, 9.17) is 11.5 Å². The highest BCUT2D eigenvalue weighted by molar-refractivity contribution is 5.89. The topological polar surface area (TPSA) is 123 Å². The third kappa shape index (κ3) is 7.46. The molecule has 1 aromatic carbocycles. The lowest BCUT2D eigenvalue weighted by molar-refractivity contribution is -0.129. The maximum absolute atomic E-state index is 12.6. The van der Waals surface area contributed by atoms with Crippen molar-refractivity contribution in [2.24, 2.45) is 11.5 Å². The molecule has 28 heavy (non-hydrogen) atoms. The SMILES string of the molecule is NCCCC[C@H](NC(=O)C(N)Cc1ccccc1)C(=O)NCc1ccccn1. The van der Waals surface area contributed by atoms with Crippen molar-refractivity contribution in [2.75, 3.05) is 6.54 Å². The molecule has 7 heteroatoms. The Hall–Kier alpha value is -2.77. The van der Waals surface area contributed by atoms with Crippen LogP contribution >= 0.6 is 0 Å². The summed E-state index contributed by atoms with van der Waals surface area (Å²) in [6.07, 6.45) is 4.12. The Morgan fingerprint density at radius 1 is 1.00 bits per heavy atom. The zero-order chi connectivity index (χ0) is 20.2. The fraction of sp³-hybridized carbons (Fsp3) is 0.381. The van der Waals surface area contributed by atoms with Crippen LogP contribution in [0.2, 0.25) is 0 Å². The first kappa shape index (κ1) is 21.5. The number of rotatable bonds is 11. The fourth-order valence-corrected chi connectivity index (χ4v) is 2.80. The van der Waals surface area contributed by atoms with Gasteiger partial charge in [-0.2, -0.15) is 0 Å². The molecule has 1 aromatic heterocycles. The van der Waals surface area contributed by atoms with Crippen molar-refractivity contribution in [3.8, 4) is 0 Å². The van der Waals surface area contributed by atoms with Gasteiger partial charge in [-0.05, 0) is 49.9 Å². The van der Waals surface area contributed by atoms with Crippen LogP contribution < -0.4 is 22.1 Å². The minimum absolute atomic E-state index is 0.247. The molecule has 0 spiro atoms. The Balaban J connectivity index is 1.92. The summed E-state index contributed by atoms with van der Waals surface area (Å²) in [5.41, 5.74) is 13.3. The number of pyridine rings is 1. The molecule has 0 radical (unpaired) electrons. The number of hydrogen-bond donors (Lipinski definition) is 4. The average Bonchev–Trinajstić information content (AvgIpc) is 2.72. The van der Waals surface area contributed by atoms with Crippen LogP contribution in [-0.2, 0) is 22.6 Å². The molecule has 0 aliphatic rings. The number of nitrogens with one attached hydrogen (secondary N) is 2. The number of carbonyl (C=O) groups is 2. The van der Waals surface area contributed by atoms with E-state index in [-0.39, 0.29) is 11.8 Å². The highest BCUT2D eigenvalue weighted by Crippen LogP contribution is 2.05. The lowest BCUT2D eigenvalue weighted by Crippen LogP contribution is -2.52. The second-order valence-electron chi connectivity index (χ2n) is 6.68. The van der Waals surface area contributed by atoms with Crippen LogP contribution in [0.1, 0.15) is 30.5 Å².